The van der Waals surface area contributed by atoms with Crippen LogP contribution in [0, 0.1) is 6.92 Å². The predicted molar refractivity (Wildman–Crippen MR) is 129 cm³/mol. The van der Waals surface area contributed by atoms with Crippen LogP contribution in [0.5, 0.6) is 5.75 Å². The number of rotatable bonds is 5. The lowest BCUT2D eigenvalue weighted by molar-refractivity contribution is -0.137. The minimum absolute atomic E-state index is 0.0931. The molecule has 1 saturated heterocycles. The van der Waals surface area contributed by atoms with Gasteiger partial charge in [-0.15, -0.1) is 0 Å². The molecule has 0 atom stereocenters. The summed E-state index contributed by atoms with van der Waals surface area (Å²) in [6.45, 7) is 2.46. The lowest BCUT2D eigenvalue weighted by atomic mass is 10.1. The summed E-state index contributed by atoms with van der Waals surface area (Å²) in [6, 6.07) is 19.9. The molecule has 3 aromatic rings. The van der Waals surface area contributed by atoms with Gasteiger partial charge in [0, 0.05) is 0 Å². The monoisotopic (exact) mass is 485 g/mol. The largest absolute Gasteiger partial charge is 0.489 e. The number of ether oxygens (including phenoxy) is 1. The molecule has 0 radical (unpaired) electrons. The van der Waals surface area contributed by atoms with Gasteiger partial charge in [0.1, 0.15) is 12.4 Å². The van der Waals surface area contributed by atoms with E-state index in [1.54, 1.807) is 30.3 Å². The number of halogens is 3. The molecule has 1 amide bonds. The Labute approximate surface area is 198 Å². The average Bonchev–Trinajstić information content (AvgIpc) is 3.06. The van der Waals surface area contributed by atoms with Crippen LogP contribution in [0.15, 0.2) is 77.7 Å². The fourth-order valence-electron chi connectivity index (χ4n) is 3.17. The number of alkyl halides is 3. The van der Waals surface area contributed by atoms with Crippen LogP contribution in [-0.4, -0.2) is 10.2 Å². The van der Waals surface area contributed by atoms with Crippen LogP contribution in [0.25, 0.3) is 6.08 Å². The molecule has 3 aromatic carbocycles. The fraction of sp³-hybridized carbons (Fsp3) is 0.120. The molecule has 1 aliphatic heterocycles. The Kier molecular flexibility index (Phi) is 6.58. The predicted octanol–water partition coefficient (Wildman–Crippen LogP) is 7.00. The number of carbonyl (C=O) groups is 1. The van der Waals surface area contributed by atoms with Gasteiger partial charge in [-0.3, -0.25) is 9.69 Å². The number of amides is 1. The Hall–Kier alpha value is -3.10. The first kappa shape index (κ1) is 23.1. The second kappa shape index (κ2) is 9.41. The van der Waals surface area contributed by atoms with Gasteiger partial charge in [0.2, 0.25) is 0 Å². The van der Waals surface area contributed by atoms with Gasteiger partial charge in [-0.25, -0.2) is 0 Å². The van der Waals surface area contributed by atoms with E-state index >= 15 is 0 Å². The van der Waals surface area contributed by atoms with Gasteiger partial charge in [0.05, 0.1) is 16.2 Å². The van der Waals surface area contributed by atoms with Crippen molar-refractivity contribution >= 4 is 46.0 Å². The summed E-state index contributed by atoms with van der Waals surface area (Å²) in [5.41, 5.74) is 2.25. The zero-order valence-electron chi connectivity index (χ0n) is 17.4. The van der Waals surface area contributed by atoms with E-state index < -0.39 is 17.6 Å². The third kappa shape index (κ3) is 5.46. The molecule has 33 heavy (non-hydrogen) atoms. The van der Waals surface area contributed by atoms with Crippen molar-refractivity contribution < 1.29 is 22.7 Å². The second-order valence-electron chi connectivity index (χ2n) is 7.41. The lowest BCUT2D eigenvalue weighted by Gasteiger charge is -2.16. The minimum atomic E-state index is -4.50. The van der Waals surface area contributed by atoms with Gasteiger partial charge < -0.3 is 4.74 Å². The van der Waals surface area contributed by atoms with E-state index in [4.69, 9.17) is 17.0 Å². The molecular weight excluding hydrogens is 467 g/mol. The summed E-state index contributed by atoms with van der Waals surface area (Å²) in [7, 11) is 0. The van der Waals surface area contributed by atoms with E-state index in [0.717, 1.165) is 39.9 Å². The number of aryl methyl sites for hydroxylation is 1. The molecule has 1 heterocycles. The third-order valence-electron chi connectivity index (χ3n) is 4.93. The molecule has 0 spiro atoms. The molecule has 0 aromatic heterocycles. The van der Waals surface area contributed by atoms with Crippen LogP contribution in [-0.2, 0) is 17.6 Å². The fourth-order valence-corrected chi connectivity index (χ4v) is 4.47. The average molecular weight is 486 g/mol. The van der Waals surface area contributed by atoms with Crippen molar-refractivity contribution in [2.45, 2.75) is 19.7 Å². The Bertz CT molecular complexity index is 1220. The maximum atomic E-state index is 13.1. The highest BCUT2D eigenvalue weighted by Gasteiger charge is 2.36. The van der Waals surface area contributed by atoms with Crippen molar-refractivity contribution in [3.63, 3.8) is 0 Å². The molecule has 1 fully saturated rings. The number of thiocarbonyl (C=S) groups is 1. The van der Waals surface area contributed by atoms with E-state index in [-0.39, 0.29) is 10.0 Å². The molecular formula is C25H18F3NO2S2. The topological polar surface area (TPSA) is 29.5 Å². The molecule has 3 nitrogen and oxygen atoms in total. The SMILES string of the molecule is Cc1ccc(COc2ccc(/C=C3\SC(=S)N(c4cccc(C(F)(F)F)c4)C3=O)cc2)cc1. The van der Waals surface area contributed by atoms with E-state index in [0.29, 0.717) is 17.3 Å². The first-order valence-electron chi connectivity index (χ1n) is 9.94. The number of anilines is 1. The number of hydrogen-bond acceptors (Lipinski definition) is 4. The second-order valence-corrected chi connectivity index (χ2v) is 9.08. The highest BCUT2D eigenvalue weighted by Crippen LogP contribution is 2.38. The van der Waals surface area contributed by atoms with Crippen LogP contribution in [0.3, 0.4) is 0 Å². The molecule has 0 N–H and O–H groups in total. The van der Waals surface area contributed by atoms with Crippen LogP contribution < -0.4 is 9.64 Å². The summed E-state index contributed by atoms with van der Waals surface area (Å²) in [5, 5.41) is 0. The highest BCUT2D eigenvalue weighted by molar-refractivity contribution is 8.27. The van der Waals surface area contributed by atoms with Gasteiger partial charge in [0.15, 0.2) is 4.32 Å². The van der Waals surface area contributed by atoms with Crippen molar-refractivity contribution in [1.82, 2.24) is 0 Å². The van der Waals surface area contributed by atoms with Crippen molar-refractivity contribution in [2.24, 2.45) is 0 Å². The Morgan fingerprint density at radius 1 is 1.03 bits per heavy atom. The molecule has 0 saturated carbocycles. The first-order valence-corrected chi connectivity index (χ1v) is 11.2. The molecule has 8 heteroatoms. The van der Waals surface area contributed by atoms with Gasteiger partial charge in [-0.2, -0.15) is 13.2 Å². The number of hydrogen-bond donors (Lipinski definition) is 0. The van der Waals surface area contributed by atoms with Gasteiger partial charge in [0.25, 0.3) is 5.91 Å². The van der Waals surface area contributed by atoms with E-state index in [1.807, 2.05) is 31.2 Å². The number of thioether (sulfide) groups is 1. The van der Waals surface area contributed by atoms with E-state index in [2.05, 4.69) is 0 Å². The van der Waals surface area contributed by atoms with E-state index in [9.17, 15) is 18.0 Å². The number of nitrogens with zero attached hydrogens (tertiary/aromatic N) is 1. The quantitative estimate of drug-likeness (QED) is 0.288. The van der Waals surface area contributed by atoms with E-state index in [1.165, 1.54) is 17.7 Å². The molecule has 1 aliphatic rings. The number of benzene rings is 3. The smallest absolute Gasteiger partial charge is 0.416 e. The molecule has 0 unspecified atom stereocenters. The maximum absolute atomic E-state index is 13.1. The summed E-state index contributed by atoms with van der Waals surface area (Å²) in [6.07, 6.45) is -2.84. The first-order chi connectivity index (χ1) is 15.7. The lowest BCUT2D eigenvalue weighted by Crippen LogP contribution is -2.27. The van der Waals surface area contributed by atoms with Crippen LogP contribution in [0.2, 0.25) is 0 Å². The Balaban J connectivity index is 1.46. The molecule has 0 bridgehead atoms. The van der Waals surface area contributed by atoms with Crippen LogP contribution >= 0.6 is 24.0 Å². The summed E-state index contributed by atoms with van der Waals surface area (Å²) in [5.74, 6) is 0.230. The third-order valence-corrected chi connectivity index (χ3v) is 6.23. The van der Waals surface area contributed by atoms with Crippen molar-refractivity contribution in [1.29, 1.82) is 0 Å². The number of carbonyl (C=O) groups excluding carboxylic acids is 1. The maximum Gasteiger partial charge on any atom is 0.416 e. The Morgan fingerprint density at radius 2 is 1.73 bits per heavy atom. The van der Waals surface area contributed by atoms with Gasteiger partial charge in [-0.05, 0) is 54.5 Å². The summed E-state index contributed by atoms with van der Waals surface area (Å²) < 4.78 is 45.1. The van der Waals surface area contributed by atoms with Gasteiger partial charge in [-0.1, -0.05) is 72.0 Å². The summed E-state index contributed by atoms with van der Waals surface area (Å²) >= 11 is 6.32. The van der Waals surface area contributed by atoms with Gasteiger partial charge >= 0.3 is 6.18 Å². The molecule has 0 aliphatic carbocycles. The molecule has 168 valence electrons. The molecule has 4 rings (SSSR count). The normalized spacial score (nSPS) is 15.4. The zero-order chi connectivity index (χ0) is 23.6. The zero-order valence-corrected chi connectivity index (χ0v) is 19.1. The van der Waals surface area contributed by atoms with Crippen LogP contribution in [0.4, 0.5) is 18.9 Å². The van der Waals surface area contributed by atoms with Crippen molar-refractivity contribution in [2.75, 3.05) is 4.90 Å². The highest BCUT2D eigenvalue weighted by atomic mass is 32.2. The summed E-state index contributed by atoms with van der Waals surface area (Å²) in [4.78, 5) is 14.3. The van der Waals surface area contributed by atoms with Crippen molar-refractivity contribution in [3.05, 3.63) is 100.0 Å². The Morgan fingerprint density at radius 3 is 2.39 bits per heavy atom. The standard InChI is InChI=1S/C25H18F3NO2S2/c1-16-5-7-18(8-6-16)15-31-21-11-9-17(10-12-21)13-22-23(30)29(24(32)33-22)20-4-2-3-19(14-20)25(26,27)28/h2-14H,15H2,1H3/b22-13-. The van der Waals surface area contributed by atoms with Crippen LogP contribution in [0.1, 0.15) is 22.3 Å². The van der Waals surface area contributed by atoms with Crippen molar-refractivity contribution in [3.8, 4) is 5.75 Å². The minimum Gasteiger partial charge on any atom is -0.489 e.